The van der Waals surface area contributed by atoms with Gasteiger partial charge in [0.15, 0.2) is 11.5 Å². The zero-order chi connectivity index (χ0) is 20.8. The number of aryl methyl sites for hydroxylation is 1. The number of hydrazone groups is 1. The number of amides is 1. The number of hydrogen-bond donors (Lipinski definition) is 2. The lowest BCUT2D eigenvalue weighted by Gasteiger charge is -2.13. The SMILES string of the molecule is COc1ccc(/C=N/NC(=O)c2cc(-c3ccc(C)cc3)n[nH]2)c(OC)c1OC. The van der Waals surface area contributed by atoms with Gasteiger partial charge in [-0.25, -0.2) is 5.43 Å². The van der Waals surface area contributed by atoms with Gasteiger partial charge in [0.2, 0.25) is 5.75 Å². The van der Waals surface area contributed by atoms with Crippen LogP contribution in [0.15, 0.2) is 47.6 Å². The molecule has 8 heteroatoms. The predicted molar refractivity (Wildman–Crippen MR) is 110 cm³/mol. The fraction of sp³-hybridized carbons (Fsp3) is 0.190. The summed E-state index contributed by atoms with van der Waals surface area (Å²) in [5.41, 5.74) is 6.15. The highest BCUT2D eigenvalue weighted by Gasteiger charge is 2.15. The Morgan fingerprint density at radius 3 is 2.41 bits per heavy atom. The van der Waals surface area contributed by atoms with Gasteiger partial charge in [0.05, 0.1) is 33.2 Å². The number of aromatic amines is 1. The summed E-state index contributed by atoms with van der Waals surface area (Å²) in [6, 6.07) is 13.0. The van der Waals surface area contributed by atoms with Crippen LogP contribution < -0.4 is 19.6 Å². The van der Waals surface area contributed by atoms with E-state index in [2.05, 4.69) is 20.7 Å². The van der Waals surface area contributed by atoms with Crippen molar-refractivity contribution >= 4 is 12.1 Å². The van der Waals surface area contributed by atoms with Crippen molar-refractivity contribution in [3.63, 3.8) is 0 Å². The molecule has 0 spiro atoms. The third-order valence-corrected chi connectivity index (χ3v) is 4.27. The monoisotopic (exact) mass is 394 g/mol. The Morgan fingerprint density at radius 2 is 1.76 bits per heavy atom. The Labute approximate surface area is 168 Å². The first-order valence-corrected chi connectivity index (χ1v) is 8.82. The average molecular weight is 394 g/mol. The second-order valence-corrected chi connectivity index (χ2v) is 6.16. The molecule has 1 aromatic heterocycles. The van der Waals surface area contributed by atoms with Crippen molar-refractivity contribution < 1.29 is 19.0 Å². The van der Waals surface area contributed by atoms with Gasteiger partial charge >= 0.3 is 0 Å². The first kappa shape index (κ1) is 19.9. The predicted octanol–water partition coefficient (Wildman–Crippen LogP) is 3.17. The Kier molecular flexibility index (Phi) is 6.13. The molecule has 0 radical (unpaired) electrons. The van der Waals surface area contributed by atoms with Crippen LogP contribution in [0, 0.1) is 6.92 Å². The third kappa shape index (κ3) is 4.37. The maximum absolute atomic E-state index is 12.3. The molecule has 0 saturated carbocycles. The highest BCUT2D eigenvalue weighted by Crippen LogP contribution is 2.38. The van der Waals surface area contributed by atoms with E-state index in [-0.39, 0.29) is 0 Å². The van der Waals surface area contributed by atoms with E-state index in [0.717, 1.165) is 11.1 Å². The van der Waals surface area contributed by atoms with Gasteiger partial charge in [-0.2, -0.15) is 10.2 Å². The number of carbonyl (C=O) groups is 1. The van der Waals surface area contributed by atoms with Gasteiger partial charge in [-0.15, -0.1) is 0 Å². The molecule has 3 aromatic rings. The maximum Gasteiger partial charge on any atom is 0.289 e. The third-order valence-electron chi connectivity index (χ3n) is 4.27. The number of hydrogen-bond acceptors (Lipinski definition) is 6. The van der Waals surface area contributed by atoms with Crippen LogP contribution in [0.2, 0.25) is 0 Å². The van der Waals surface area contributed by atoms with E-state index in [1.54, 1.807) is 25.3 Å². The van der Waals surface area contributed by atoms with Crippen LogP contribution in [0.4, 0.5) is 0 Å². The molecule has 2 N–H and O–H groups in total. The van der Waals surface area contributed by atoms with Gasteiger partial charge in [-0.3, -0.25) is 9.89 Å². The Hall–Kier alpha value is -3.81. The summed E-state index contributed by atoms with van der Waals surface area (Å²) in [5, 5.41) is 10.9. The molecule has 8 nitrogen and oxygen atoms in total. The van der Waals surface area contributed by atoms with E-state index in [1.165, 1.54) is 20.4 Å². The summed E-state index contributed by atoms with van der Waals surface area (Å²) in [6.45, 7) is 2.01. The van der Waals surface area contributed by atoms with Gasteiger partial charge in [0.25, 0.3) is 5.91 Å². The minimum atomic E-state index is -0.411. The van der Waals surface area contributed by atoms with Crippen molar-refractivity contribution in [3.05, 3.63) is 59.3 Å². The van der Waals surface area contributed by atoms with Gasteiger partial charge in [0, 0.05) is 11.1 Å². The van der Waals surface area contributed by atoms with E-state index in [0.29, 0.717) is 34.2 Å². The summed E-state index contributed by atoms with van der Waals surface area (Å²) in [7, 11) is 4.58. The molecule has 0 atom stereocenters. The van der Waals surface area contributed by atoms with Crippen LogP contribution in [0.5, 0.6) is 17.2 Å². The van der Waals surface area contributed by atoms with E-state index >= 15 is 0 Å². The highest BCUT2D eigenvalue weighted by atomic mass is 16.5. The molecule has 0 bridgehead atoms. The summed E-state index contributed by atoms with van der Waals surface area (Å²) in [5.74, 6) is 1.02. The summed E-state index contributed by atoms with van der Waals surface area (Å²) >= 11 is 0. The van der Waals surface area contributed by atoms with Crippen LogP contribution in [-0.2, 0) is 0 Å². The lowest BCUT2D eigenvalue weighted by Crippen LogP contribution is -2.18. The summed E-state index contributed by atoms with van der Waals surface area (Å²) < 4.78 is 16.0. The molecule has 2 aromatic carbocycles. The van der Waals surface area contributed by atoms with E-state index in [9.17, 15) is 4.79 Å². The van der Waals surface area contributed by atoms with Crippen LogP contribution in [0.25, 0.3) is 11.3 Å². The molecule has 150 valence electrons. The van der Waals surface area contributed by atoms with E-state index in [4.69, 9.17) is 14.2 Å². The van der Waals surface area contributed by atoms with Gasteiger partial charge in [-0.1, -0.05) is 29.8 Å². The largest absolute Gasteiger partial charge is 0.493 e. The summed E-state index contributed by atoms with van der Waals surface area (Å²) in [4.78, 5) is 12.3. The molecule has 0 aliphatic heterocycles. The Morgan fingerprint density at radius 1 is 1.03 bits per heavy atom. The van der Waals surface area contributed by atoms with Crippen molar-refractivity contribution in [2.45, 2.75) is 6.92 Å². The number of H-pyrrole nitrogens is 1. The van der Waals surface area contributed by atoms with Crippen LogP contribution >= 0.6 is 0 Å². The maximum atomic E-state index is 12.3. The number of methoxy groups -OCH3 is 3. The molecule has 1 amide bonds. The van der Waals surface area contributed by atoms with Crippen LogP contribution in [-0.4, -0.2) is 43.6 Å². The lowest BCUT2D eigenvalue weighted by atomic mass is 10.1. The normalized spacial score (nSPS) is 10.8. The second-order valence-electron chi connectivity index (χ2n) is 6.16. The fourth-order valence-corrected chi connectivity index (χ4v) is 2.76. The van der Waals surface area contributed by atoms with E-state index < -0.39 is 5.91 Å². The van der Waals surface area contributed by atoms with Crippen LogP contribution in [0.3, 0.4) is 0 Å². The molecule has 0 unspecified atom stereocenters. The second kappa shape index (κ2) is 8.92. The number of carbonyl (C=O) groups excluding carboxylic acids is 1. The minimum Gasteiger partial charge on any atom is -0.493 e. The fourth-order valence-electron chi connectivity index (χ4n) is 2.76. The quantitative estimate of drug-likeness (QED) is 0.474. The van der Waals surface area contributed by atoms with Gasteiger partial charge in [0.1, 0.15) is 5.69 Å². The smallest absolute Gasteiger partial charge is 0.289 e. The summed E-state index contributed by atoms with van der Waals surface area (Å²) in [6.07, 6.45) is 1.47. The van der Waals surface area contributed by atoms with Gasteiger partial charge < -0.3 is 14.2 Å². The molecular weight excluding hydrogens is 372 g/mol. The van der Waals surface area contributed by atoms with Crippen molar-refractivity contribution in [2.24, 2.45) is 5.10 Å². The molecule has 0 aliphatic carbocycles. The zero-order valence-electron chi connectivity index (χ0n) is 16.6. The molecule has 1 heterocycles. The number of rotatable bonds is 7. The topological polar surface area (TPSA) is 97.8 Å². The van der Waals surface area contributed by atoms with Crippen molar-refractivity contribution in [2.75, 3.05) is 21.3 Å². The standard InChI is InChI=1S/C21H22N4O4/c1-13-5-7-14(8-6-13)16-11-17(24-23-16)21(26)25-22-12-15-9-10-18(27-2)20(29-4)19(15)28-3/h5-12H,1-4H3,(H,23,24)(H,25,26)/b22-12+. The van der Waals surface area contributed by atoms with Crippen molar-refractivity contribution in [1.82, 2.24) is 15.6 Å². The van der Waals surface area contributed by atoms with Crippen molar-refractivity contribution in [3.8, 4) is 28.5 Å². The van der Waals surface area contributed by atoms with Crippen LogP contribution in [0.1, 0.15) is 21.6 Å². The lowest BCUT2D eigenvalue weighted by molar-refractivity contribution is 0.0950. The Balaban J connectivity index is 1.73. The average Bonchev–Trinajstić information content (AvgIpc) is 3.24. The first-order chi connectivity index (χ1) is 14.1. The molecule has 0 aliphatic rings. The molecule has 0 fully saturated rings. The number of aromatic nitrogens is 2. The van der Waals surface area contributed by atoms with Gasteiger partial charge in [-0.05, 0) is 25.1 Å². The minimum absolute atomic E-state index is 0.303. The first-order valence-electron chi connectivity index (χ1n) is 8.82. The molecule has 29 heavy (non-hydrogen) atoms. The molecule has 3 rings (SSSR count). The number of benzene rings is 2. The Bertz CT molecular complexity index is 1030. The zero-order valence-corrected chi connectivity index (χ0v) is 16.6. The molecular formula is C21H22N4O4. The number of nitrogens with one attached hydrogen (secondary N) is 2. The van der Waals surface area contributed by atoms with E-state index in [1.807, 2.05) is 31.2 Å². The number of ether oxygens (including phenoxy) is 3. The van der Waals surface area contributed by atoms with Crippen molar-refractivity contribution in [1.29, 1.82) is 0 Å². The number of nitrogens with zero attached hydrogens (tertiary/aromatic N) is 2. The molecule has 0 saturated heterocycles. The highest BCUT2D eigenvalue weighted by molar-refractivity contribution is 5.94.